The lowest BCUT2D eigenvalue weighted by Gasteiger charge is -2.33. The number of hydrogen-bond acceptors (Lipinski definition) is 6. The normalized spacial score (nSPS) is 20.7. The van der Waals surface area contributed by atoms with Gasteiger partial charge in [-0.15, -0.1) is 12.4 Å². The third-order valence-electron chi connectivity index (χ3n) is 11.2. The molecular formula is C41H51ClF3N7O3. The van der Waals surface area contributed by atoms with Crippen LogP contribution in [0.4, 0.5) is 18.9 Å². The molecule has 4 aromatic rings. The predicted molar refractivity (Wildman–Crippen MR) is 211 cm³/mol. The molecule has 0 spiro atoms. The fourth-order valence-corrected chi connectivity index (χ4v) is 7.80. The Hall–Kier alpha value is -4.46. The van der Waals surface area contributed by atoms with E-state index in [-0.39, 0.29) is 59.3 Å². The van der Waals surface area contributed by atoms with Crippen LogP contribution >= 0.6 is 12.4 Å². The molecule has 0 saturated heterocycles. The van der Waals surface area contributed by atoms with Crippen LogP contribution in [0.5, 0.6) is 0 Å². The molecule has 2 aliphatic rings. The molecule has 3 aromatic carbocycles. The average Bonchev–Trinajstić information content (AvgIpc) is 3.60. The molecular weight excluding hydrogens is 731 g/mol. The molecule has 6 rings (SSSR count). The minimum atomic E-state index is -4.64. The molecule has 6 N–H and O–H groups in total. The van der Waals surface area contributed by atoms with Crippen LogP contribution in [0.2, 0.25) is 0 Å². The van der Waals surface area contributed by atoms with E-state index in [9.17, 15) is 27.6 Å². The Labute approximate surface area is 326 Å². The molecule has 55 heavy (non-hydrogen) atoms. The molecule has 2 aliphatic carbocycles. The second-order valence-electron chi connectivity index (χ2n) is 15.2. The van der Waals surface area contributed by atoms with E-state index < -0.39 is 23.9 Å². The number of aromatic nitrogens is 2. The summed E-state index contributed by atoms with van der Waals surface area (Å²) in [5.74, 6) is -1.74. The van der Waals surface area contributed by atoms with Gasteiger partial charge in [0, 0.05) is 35.7 Å². The van der Waals surface area contributed by atoms with E-state index in [4.69, 9.17) is 5.73 Å². The first-order valence-corrected chi connectivity index (χ1v) is 18.8. The molecule has 1 atom stereocenters. The van der Waals surface area contributed by atoms with Crippen LogP contribution in [-0.4, -0.2) is 71.4 Å². The van der Waals surface area contributed by atoms with Crippen LogP contribution in [-0.2, 0) is 22.2 Å². The van der Waals surface area contributed by atoms with Crippen LogP contribution < -0.4 is 21.7 Å². The molecule has 1 heterocycles. The SMILES string of the molecule is Cc1cc(C(=O)NC2CCC(N(C)C)CC2)ccc1-c1ccc(C[C@H](NC(=O)[C@H]2CC[C@H](CN)CC2)C(=O)Nc2ccc3[nH]c(C(F)(F)F)nc3c2)cc1.Cl. The van der Waals surface area contributed by atoms with Gasteiger partial charge in [-0.1, -0.05) is 30.3 Å². The van der Waals surface area contributed by atoms with Crippen molar-refractivity contribution in [2.45, 2.75) is 89.0 Å². The molecule has 3 amide bonds. The van der Waals surface area contributed by atoms with Gasteiger partial charge in [-0.05, 0) is 137 Å². The number of imidazole rings is 1. The Kier molecular flexibility index (Phi) is 13.6. The van der Waals surface area contributed by atoms with Gasteiger partial charge in [0.25, 0.3) is 5.91 Å². The second kappa shape index (κ2) is 18.0. The van der Waals surface area contributed by atoms with Crippen molar-refractivity contribution in [3.63, 3.8) is 0 Å². The number of benzene rings is 3. The zero-order valence-electron chi connectivity index (χ0n) is 31.5. The smallest absolute Gasteiger partial charge is 0.349 e. The quantitative estimate of drug-likeness (QED) is 0.111. The highest BCUT2D eigenvalue weighted by Gasteiger charge is 2.35. The highest BCUT2D eigenvalue weighted by molar-refractivity contribution is 5.99. The molecule has 14 heteroatoms. The van der Waals surface area contributed by atoms with E-state index in [0.717, 1.165) is 60.8 Å². The van der Waals surface area contributed by atoms with Gasteiger partial charge in [-0.2, -0.15) is 13.2 Å². The highest BCUT2D eigenvalue weighted by Crippen LogP contribution is 2.31. The van der Waals surface area contributed by atoms with E-state index in [0.29, 0.717) is 36.9 Å². The summed E-state index contributed by atoms with van der Waals surface area (Å²) in [6.07, 6.45) is 2.68. The number of halogens is 4. The highest BCUT2D eigenvalue weighted by atomic mass is 35.5. The topological polar surface area (TPSA) is 145 Å². The van der Waals surface area contributed by atoms with Gasteiger partial charge in [0.15, 0.2) is 0 Å². The van der Waals surface area contributed by atoms with Crippen LogP contribution in [0, 0.1) is 18.8 Å². The number of hydrogen-bond donors (Lipinski definition) is 5. The van der Waals surface area contributed by atoms with Gasteiger partial charge < -0.3 is 31.6 Å². The number of carbonyl (C=O) groups is 3. The van der Waals surface area contributed by atoms with Crippen molar-refractivity contribution in [3.8, 4) is 11.1 Å². The van der Waals surface area contributed by atoms with E-state index in [1.54, 1.807) is 0 Å². The molecule has 2 fully saturated rings. The number of nitrogens with two attached hydrogens (primary N) is 1. The van der Waals surface area contributed by atoms with Crippen molar-refractivity contribution in [3.05, 3.63) is 83.2 Å². The van der Waals surface area contributed by atoms with E-state index >= 15 is 0 Å². The number of nitrogens with zero attached hydrogens (tertiary/aromatic N) is 2. The number of alkyl halides is 3. The summed E-state index contributed by atoms with van der Waals surface area (Å²) in [4.78, 5) is 48.4. The fraction of sp³-hybridized carbons (Fsp3) is 0.463. The number of carbonyl (C=O) groups excluding carboxylic acids is 3. The van der Waals surface area contributed by atoms with Crippen molar-refractivity contribution in [1.82, 2.24) is 25.5 Å². The standard InChI is InChI=1S/C41H50F3N7O3.ClH/c1-24-20-29(38(53)46-30-13-16-32(17-14-30)51(2)3)12-18-33(24)27-8-4-25(5-9-27)21-36(48-37(52)28-10-6-26(23-45)7-11-28)39(54)47-31-15-19-34-35(22-31)50-40(49-34)41(42,43)44;/h4-5,8-9,12,15,18-20,22,26,28,30,32,36H,6-7,10-11,13-14,16-17,21,23,45H2,1-3H3,(H,46,53)(H,47,54)(H,48,52)(H,49,50);1H/t26-,28-,30?,32?,36-;/m0./s1. The minimum Gasteiger partial charge on any atom is -0.349 e. The zero-order valence-corrected chi connectivity index (χ0v) is 32.3. The van der Waals surface area contributed by atoms with E-state index in [1.165, 1.54) is 18.2 Å². The Bertz CT molecular complexity index is 1950. The van der Waals surface area contributed by atoms with Crippen molar-refractivity contribution in [1.29, 1.82) is 0 Å². The number of aromatic amines is 1. The van der Waals surface area contributed by atoms with Crippen LogP contribution in [0.25, 0.3) is 22.2 Å². The lowest BCUT2D eigenvalue weighted by molar-refractivity contribution is -0.144. The summed E-state index contributed by atoms with van der Waals surface area (Å²) < 4.78 is 39.7. The van der Waals surface area contributed by atoms with Crippen molar-refractivity contribution in [2.24, 2.45) is 17.6 Å². The Morgan fingerprint density at radius 3 is 2.24 bits per heavy atom. The predicted octanol–water partition coefficient (Wildman–Crippen LogP) is 7.01. The second-order valence-corrected chi connectivity index (χ2v) is 15.2. The molecule has 0 aliphatic heterocycles. The minimum absolute atomic E-state index is 0. The summed E-state index contributed by atoms with van der Waals surface area (Å²) in [6, 6.07) is 17.5. The number of rotatable bonds is 11. The van der Waals surface area contributed by atoms with E-state index in [1.807, 2.05) is 49.4 Å². The van der Waals surface area contributed by atoms with Gasteiger partial charge >= 0.3 is 6.18 Å². The lowest BCUT2D eigenvalue weighted by Crippen LogP contribution is -2.48. The van der Waals surface area contributed by atoms with E-state index in [2.05, 4.69) is 44.9 Å². The number of H-pyrrole nitrogens is 1. The Morgan fingerprint density at radius 1 is 0.927 bits per heavy atom. The van der Waals surface area contributed by atoms with Crippen molar-refractivity contribution < 1.29 is 27.6 Å². The van der Waals surface area contributed by atoms with Gasteiger partial charge in [0.2, 0.25) is 17.6 Å². The third kappa shape index (κ3) is 10.4. The first-order valence-electron chi connectivity index (χ1n) is 18.8. The van der Waals surface area contributed by atoms with Crippen molar-refractivity contribution in [2.75, 3.05) is 26.0 Å². The maximum absolute atomic E-state index is 13.7. The maximum Gasteiger partial charge on any atom is 0.449 e. The third-order valence-corrected chi connectivity index (χ3v) is 11.2. The first-order chi connectivity index (χ1) is 25.8. The molecule has 296 valence electrons. The molecule has 1 aromatic heterocycles. The monoisotopic (exact) mass is 781 g/mol. The summed E-state index contributed by atoms with van der Waals surface area (Å²) in [7, 11) is 4.20. The van der Waals surface area contributed by atoms with Gasteiger partial charge in [-0.25, -0.2) is 4.98 Å². The molecule has 0 radical (unpaired) electrons. The molecule has 0 unspecified atom stereocenters. The maximum atomic E-state index is 13.7. The summed E-state index contributed by atoms with van der Waals surface area (Å²) in [6.45, 7) is 2.56. The molecule has 0 bridgehead atoms. The van der Waals surface area contributed by atoms with Crippen LogP contribution in [0.3, 0.4) is 0 Å². The number of aryl methyl sites for hydroxylation is 1. The fourth-order valence-electron chi connectivity index (χ4n) is 7.80. The average molecular weight is 782 g/mol. The lowest BCUT2D eigenvalue weighted by atomic mass is 9.81. The summed E-state index contributed by atoms with van der Waals surface area (Å²) in [5.41, 5.74) is 10.6. The van der Waals surface area contributed by atoms with Crippen LogP contribution in [0.1, 0.15) is 78.7 Å². The van der Waals surface area contributed by atoms with Crippen molar-refractivity contribution >= 4 is 46.8 Å². The van der Waals surface area contributed by atoms with Crippen LogP contribution in [0.15, 0.2) is 60.7 Å². The van der Waals surface area contributed by atoms with Gasteiger partial charge in [0.05, 0.1) is 11.0 Å². The first kappa shape index (κ1) is 41.7. The zero-order chi connectivity index (χ0) is 38.6. The number of amides is 3. The summed E-state index contributed by atoms with van der Waals surface area (Å²) >= 11 is 0. The number of nitrogens with one attached hydrogen (secondary N) is 4. The Morgan fingerprint density at radius 2 is 1.62 bits per heavy atom. The van der Waals surface area contributed by atoms with Gasteiger partial charge in [0.1, 0.15) is 6.04 Å². The number of anilines is 1. The van der Waals surface area contributed by atoms with Gasteiger partial charge in [-0.3, -0.25) is 14.4 Å². The summed E-state index contributed by atoms with van der Waals surface area (Å²) in [5, 5.41) is 8.96. The molecule has 2 saturated carbocycles. The molecule has 10 nitrogen and oxygen atoms in total. The Balaban J connectivity index is 0.00000580. The number of fused-ring (bicyclic) bond motifs is 1. The largest absolute Gasteiger partial charge is 0.449 e.